The summed E-state index contributed by atoms with van der Waals surface area (Å²) in [5.41, 5.74) is 1.89. The molecule has 41 heavy (non-hydrogen) atoms. The Bertz CT molecular complexity index is 1340. The first-order chi connectivity index (χ1) is 19.5. The minimum Gasteiger partial charge on any atom is -0.444 e. The van der Waals surface area contributed by atoms with E-state index in [-0.39, 0.29) is 30.2 Å². The van der Waals surface area contributed by atoms with Crippen LogP contribution in [-0.4, -0.2) is 81.3 Å². The van der Waals surface area contributed by atoms with E-state index in [0.717, 1.165) is 63.0 Å². The van der Waals surface area contributed by atoms with Gasteiger partial charge in [-0.2, -0.15) is 0 Å². The SMILES string of the molecule is Cn1c(=O)n(C2CCC(=O)NC2=O)c2ccc(CN3CCC(OCC4CCN(C(=O)OC(C)(C)C)CC4)CC3)cc21. The molecule has 1 aromatic heterocycles. The van der Waals surface area contributed by atoms with Gasteiger partial charge < -0.3 is 14.4 Å². The van der Waals surface area contributed by atoms with Crippen molar-refractivity contribution in [2.75, 3.05) is 32.8 Å². The summed E-state index contributed by atoms with van der Waals surface area (Å²) in [6, 6.07) is 5.30. The number of rotatable bonds is 6. The largest absolute Gasteiger partial charge is 0.444 e. The third-order valence-electron chi connectivity index (χ3n) is 8.45. The van der Waals surface area contributed by atoms with Crippen LogP contribution in [0.1, 0.15) is 70.9 Å². The highest BCUT2D eigenvalue weighted by Gasteiger charge is 2.32. The Kier molecular flexibility index (Phi) is 8.56. The molecule has 3 aliphatic rings. The number of fused-ring (bicyclic) bond motifs is 1. The highest BCUT2D eigenvalue weighted by molar-refractivity contribution is 6.00. The van der Waals surface area contributed by atoms with Crippen molar-refractivity contribution < 1.29 is 23.9 Å². The van der Waals surface area contributed by atoms with Crippen molar-refractivity contribution in [3.05, 3.63) is 34.2 Å². The van der Waals surface area contributed by atoms with Crippen molar-refractivity contribution in [2.24, 2.45) is 13.0 Å². The van der Waals surface area contributed by atoms with Crippen molar-refractivity contribution in [1.82, 2.24) is 24.3 Å². The highest BCUT2D eigenvalue weighted by Crippen LogP contribution is 2.26. The number of benzene rings is 1. The number of carbonyl (C=O) groups excluding carboxylic acids is 3. The summed E-state index contributed by atoms with van der Waals surface area (Å²) in [4.78, 5) is 53.6. The molecule has 224 valence electrons. The number of aryl methyl sites for hydroxylation is 1. The van der Waals surface area contributed by atoms with Gasteiger partial charge in [0.2, 0.25) is 11.8 Å². The lowest BCUT2D eigenvalue weighted by molar-refractivity contribution is -0.135. The normalized spacial score (nSPS) is 21.9. The van der Waals surface area contributed by atoms with Gasteiger partial charge in [-0.25, -0.2) is 9.59 Å². The number of likely N-dealkylation sites (tertiary alicyclic amines) is 2. The average molecular weight is 570 g/mol. The summed E-state index contributed by atoms with van der Waals surface area (Å²) in [6.07, 6.45) is 4.41. The first-order valence-electron chi connectivity index (χ1n) is 14.8. The smallest absolute Gasteiger partial charge is 0.410 e. The fourth-order valence-corrected chi connectivity index (χ4v) is 6.11. The summed E-state index contributed by atoms with van der Waals surface area (Å²) in [6.45, 7) is 10.5. The van der Waals surface area contributed by atoms with Gasteiger partial charge in [0, 0.05) is 52.8 Å². The van der Waals surface area contributed by atoms with E-state index in [2.05, 4.69) is 10.2 Å². The number of hydrogen-bond acceptors (Lipinski definition) is 7. The fraction of sp³-hybridized carbons (Fsp3) is 0.667. The molecule has 0 aliphatic carbocycles. The van der Waals surface area contributed by atoms with Crippen LogP contribution in [-0.2, 0) is 32.7 Å². The molecule has 5 rings (SSSR count). The lowest BCUT2D eigenvalue weighted by Gasteiger charge is -2.35. The van der Waals surface area contributed by atoms with Crippen LogP contribution in [0.15, 0.2) is 23.0 Å². The van der Waals surface area contributed by atoms with Crippen LogP contribution in [0.2, 0.25) is 0 Å². The van der Waals surface area contributed by atoms with E-state index in [1.54, 1.807) is 16.5 Å². The maximum absolute atomic E-state index is 13.0. The quantitative estimate of drug-likeness (QED) is 0.532. The molecular formula is C30H43N5O6. The summed E-state index contributed by atoms with van der Waals surface area (Å²) < 4.78 is 14.9. The van der Waals surface area contributed by atoms with Gasteiger partial charge >= 0.3 is 11.8 Å². The van der Waals surface area contributed by atoms with Crippen molar-refractivity contribution in [1.29, 1.82) is 0 Å². The van der Waals surface area contributed by atoms with E-state index in [9.17, 15) is 19.2 Å². The first kappa shape index (κ1) is 29.3. The highest BCUT2D eigenvalue weighted by atomic mass is 16.6. The van der Waals surface area contributed by atoms with Crippen molar-refractivity contribution in [2.45, 2.75) is 83.6 Å². The molecule has 11 heteroatoms. The Hall–Kier alpha value is -3.18. The number of aromatic nitrogens is 2. The van der Waals surface area contributed by atoms with Gasteiger partial charge in [0.1, 0.15) is 11.6 Å². The number of piperidine rings is 3. The average Bonchev–Trinajstić information content (AvgIpc) is 3.17. The Morgan fingerprint density at radius 1 is 0.976 bits per heavy atom. The van der Waals surface area contributed by atoms with Crippen LogP contribution < -0.4 is 11.0 Å². The van der Waals surface area contributed by atoms with E-state index in [1.165, 1.54) is 4.57 Å². The molecule has 3 aliphatic heterocycles. The second-order valence-corrected chi connectivity index (χ2v) is 12.7. The summed E-state index contributed by atoms with van der Waals surface area (Å²) in [5.74, 6) is -0.245. The molecule has 1 unspecified atom stereocenters. The van der Waals surface area contributed by atoms with E-state index in [4.69, 9.17) is 9.47 Å². The zero-order valence-electron chi connectivity index (χ0n) is 24.7. The Morgan fingerprint density at radius 3 is 2.34 bits per heavy atom. The molecule has 3 amide bonds. The molecule has 3 fully saturated rings. The lowest BCUT2D eigenvalue weighted by atomic mass is 9.97. The topological polar surface area (TPSA) is 115 Å². The molecule has 1 atom stereocenters. The monoisotopic (exact) mass is 569 g/mol. The van der Waals surface area contributed by atoms with Crippen LogP contribution in [0.3, 0.4) is 0 Å². The second kappa shape index (κ2) is 12.0. The molecule has 1 N–H and O–H groups in total. The molecule has 0 saturated carbocycles. The predicted octanol–water partition coefficient (Wildman–Crippen LogP) is 2.95. The third kappa shape index (κ3) is 6.83. The number of imide groups is 1. The molecule has 0 radical (unpaired) electrons. The second-order valence-electron chi connectivity index (χ2n) is 12.7. The van der Waals surface area contributed by atoms with Gasteiger partial charge in [0.15, 0.2) is 0 Å². The lowest BCUT2D eigenvalue weighted by Crippen LogP contribution is -2.44. The standard InChI is InChI=1S/C30H43N5O6/c1-30(2,3)41-29(39)34-15-9-20(10-16-34)19-40-22-11-13-33(14-12-22)18-21-5-6-23-25(17-21)32(4)28(38)35(23)24-7-8-26(36)31-27(24)37/h5-6,17,20,22,24H,7-16,18-19H2,1-4H3,(H,31,36,37). The number of ether oxygens (including phenoxy) is 2. The molecule has 4 heterocycles. The number of hydrogen-bond donors (Lipinski definition) is 1. The van der Waals surface area contributed by atoms with Gasteiger partial charge in [0.25, 0.3) is 0 Å². The molecular weight excluding hydrogens is 526 g/mol. The first-order valence-corrected chi connectivity index (χ1v) is 14.8. The maximum atomic E-state index is 13.0. The number of imidazole rings is 1. The predicted molar refractivity (Wildman–Crippen MR) is 153 cm³/mol. The zero-order chi connectivity index (χ0) is 29.3. The Morgan fingerprint density at radius 2 is 1.68 bits per heavy atom. The van der Waals surface area contributed by atoms with E-state index >= 15 is 0 Å². The number of nitrogens with one attached hydrogen (secondary N) is 1. The maximum Gasteiger partial charge on any atom is 0.410 e. The summed E-state index contributed by atoms with van der Waals surface area (Å²) in [7, 11) is 1.72. The van der Waals surface area contributed by atoms with Gasteiger partial charge in [0.05, 0.1) is 17.1 Å². The van der Waals surface area contributed by atoms with Crippen LogP contribution in [0.5, 0.6) is 0 Å². The van der Waals surface area contributed by atoms with E-state index < -0.39 is 17.6 Å². The zero-order valence-corrected chi connectivity index (χ0v) is 24.7. The van der Waals surface area contributed by atoms with Gasteiger partial charge in [-0.15, -0.1) is 0 Å². The van der Waals surface area contributed by atoms with Gasteiger partial charge in [-0.1, -0.05) is 6.07 Å². The number of carbonyl (C=O) groups is 3. The van der Waals surface area contributed by atoms with Crippen LogP contribution in [0, 0.1) is 5.92 Å². The van der Waals surface area contributed by atoms with Crippen LogP contribution in [0.4, 0.5) is 4.79 Å². The van der Waals surface area contributed by atoms with Crippen LogP contribution >= 0.6 is 0 Å². The molecule has 3 saturated heterocycles. The molecule has 1 aromatic carbocycles. The third-order valence-corrected chi connectivity index (χ3v) is 8.45. The van der Waals surface area contributed by atoms with Crippen LogP contribution in [0.25, 0.3) is 11.0 Å². The molecule has 0 bridgehead atoms. The Balaban J connectivity index is 1.09. The van der Waals surface area contributed by atoms with Gasteiger partial charge in [-0.3, -0.25) is 28.9 Å². The van der Waals surface area contributed by atoms with Gasteiger partial charge in [-0.05, 0) is 76.5 Å². The Labute approximate surface area is 240 Å². The van der Waals surface area contributed by atoms with Crippen molar-refractivity contribution >= 4 is 28.9 Å². The van der Waals surface area contributed by atoms with Crippen molar-refractivity contribution in [3.63, 3.8) is 0 Å². The minimum atomic E-state index is -0.675. The van der Waals surface area contributed by atoms with Crippen molar-refractivity contribution in [3.8, 4) is 0 Å². The molecule has 2 aromatic rings. The molecule has 0 spiro atoms. The van der Waals surface area contributed by atoms with E-state index in [1.807, 2.05) is 39.0 Å². The summed E-state index contributed by atoms with van der Waals surface area (Å²) >= 11 is 0. The van der Waals surface area contributed by atoms with E-state index in [0.29, 0.717) is 30.9 Å². The number of amides is 3. The summed E-state index contributed by atoms with van der Waals surface area (Å²) in [5, 5.41) is 2.36. The molecule has 11 nitrogen and oxygen atoms in total. The minimum absolute atomic E-state index is 0.225. The number of nitrogens with zero attached hydrogens (tertiary/aromatic N) is 4. The fourth-order valence-electron chi connectivity index (χ4n) is 6.11.